The first kappa shape index (κ1) is 15.2. The molecule has 3 aliphatic rings. The Kier molecular flexibility index (Phi) is 4.36. The molecule has 1 aliphatic carbocycles. The Bertz CT molecular complexity index is 561. The molecule has 0 unspecified atom stereocenters. The minimum Gasteiger partial charge on any atom is -0.332 e. The van der Waals surface area contributed by atoms with Gasteiger partial charge >= 0.3 is 0 Å². The first-order valence-electron chi connectivity index (χ1n) is 9.57. The highest BCUT2D eigenvalue weighted by Gasteiger charge is 2.37. The van der Waals surface area contributed by atoms with Gasteiger partial charge in [-0.1, -0.05) is 25.7 Å². The molecule has 0 aromatic carbocycles. The monoisotopic (exact) mass is 316 g/mol. The predicted molar refractivity (Wildman–Crippen MR) is 87.8 cm³/mol. The zero-order chi connectivity index (χ0) is 15.6. The maximum absolute atomic E-state index is 13.0. The van der Waals surface area contributed by atoms with E-state index in [2.05, 4.69) is 19.7 Å². The SMILES string of the molecule is O=C(C1CCCCC1)N1CCC[C@@H]1c1nnc2n1CCCCC2. The molecule has 5 nitrogen and oxygen atoms in total. The average Bonchev–Trinajstić information content (AvgIpc) is 3.16. The number of hydrogen-bond donors (Lipinski definition) is 0. The molecule has 2 aliphatic heterocycles. The summed E-state index contributed by atoms with van der Waals surface area (Å²) < 4.78 is 2.32. The van der Waals surface area contributed by atoms with Crippen LogP contribution in [0.4, 0.5) is 0 Å². The molecule has 1 saturated carbocycles. The van der Waals surface area contributed by atoms with Crippen molar-refractivity contribution in [3.05, 3.63) is 11.6 Å². The number of nitrogens with zero attached hydrogens (tertiary/aromatic N) is 4. The Morgan fingerprint density at radius 3 is 2.57 bits per heavy atom. The van der Waals surface area contributed by atoms with Gasteiger partial charge in [-0.25, -0.2) is 0 Å². The molecule has 4 rings (SSSR count). The van der Waals surface area contributed by atoms with Crippen molar-refractivity contribution < 1.29 is 4.79 Å². The molecular formula is C18H28N4O. The second kappa shape index (κ2) is 6.62. The Morgan fingerprint density at radius 1 is 0.870 bits per heavy atom. The van der Waals surface area contributed by atoms with E-state index in [0.717, 1.165) is 56.8 Å². The van der Waals surface area contributed by atoms with E-state index in [4.69, 9.17) is 0 Å². The summed E-state index contributed by atoms with van der Waals surface area (Å²) in [5, 5.41) is 8.96. The number of aromatic nitrogens is 3. The van der Waals surface area contributed by atoms with Crippen molar-refractivity contribution in [1.29, 1.82) is 0 Å². The molecular weight excluding hydrogens is 288 g/mol. The van der Waals surface area contributed by atoms with Gasteiger partial charge in [0.05, 0.1) is 6.04 Å². The fraction of sp³-hybridized carbons (Fsp3) is 0.833. The van der Waals surface area contributed by atoms with Gasteiger partial charge < -0.3 is 9.47 Å². The van der Waals surface area contributed by atoms with Gasteiger partial charge in [-0.15, -0.1) is 10.2 Å². The number of carbonyl (C=O) groups excluding carboxylic acids is 1. The topological polar surface area (TPSA) is 51.0 Å². The summed E-state index contributed by atoms with van der Waals surface area (Å²) in [4.78, 5) is 15.1. The standard InChI is InChI=1S/C18H28N4O/c23-18(14-8-3-1-4-9-14)21-13-7-10-15(21)17-20-19-16-11-5-2-6-12-22(16)17/h14-15H,1-13H2/t15-/m1/s1. The molecule has 23 heavy (non-hydrogen) atoms. The van der Waals surface area contributed by atoms with E-state index in [1.165, 1.54) is 38.5 Å². The highest BCUT2D eigenvalue weighted by Crippen LogP contribution is 2.35. The maximum atomic E-state index is 13.0. The Balaban J connectivity index is 1.56. The molecule has 1 atom stereocenters. The van der Waals surface area contributed by atoms with Crippen molar-refractivity contribution in [1.82, 2.24) is 19.7 Å². The van der Waals surface area contributed by atoms with Crippen LogP contribution < -0.4 is 0 Å². The number of hydrogen-bond acceptors (Lipinski definition) is 3. The fourth-order valence-electron chi connectivity index (χ4n) is 4.64. The molecule has 0 radical (unpaired) electrons. The average molecular weight is 316 g/mol. The molecule has 1 aromatic heterocycles. The van der Waals surface area contributed by atoms with Crippen LogP contribution in [0.1, 0.15) is 81.9 Å². The number of aryl methyl sites for hydroxylation is 1. The van der Waals surface area contributed by atoms with Crippen LogP contribution in [0.25, 0.3) is 0 Å². The summed E-state index contributed by atoms with van der Waals surface area (Å²) in [5.74, 6) is 2.84. The zero-order valence-corrected chi connectivity index (χ0v) is 14.0. The third-order valence-corrected chi connectivity index (χ3v) is 5.93. The lowest BCUT2D eigenvalue weighted by atomic mass is 9.88. The highest BCUT2D eigenvalue weighted by molar-refractivity contribution is 5.79. The summed E-state index contributed by atoms with van der Waals surface area (Å²) in [6, 6.07) is 0.170. The molecule has 1 saturated heterocycles. The van der Waals surface area contributed by atoms with Crippen LogP contribution in [0.3, 0.4) is 0 Å². The minimum atomic E-state index is 0.170. The van der Waals surface area contributed by atoms with Crippen LogP contribution >= 0.6 is 0 Å². The van der Waals surface area contributed by atoms with Crippen LogP contribution in [0.5, 0.6) is 0 Å². The van der Waals surface area contributed by atoms with Crippen molar-refractivity contribution in [2.45, 2.75) is 83.2 Å². The molecule has 0 spiro atoms. The quantitative estimate of drug-likeness (QED) is 0.841. The largest absolute Gasteiger partial charge is 0.332 e. The lowest BCUT2D eigenvalue weighted by Crippen LogP contribution is -2.37. The van der Waals surface area contributed by atoms with E-state index in [1.54, 1.807) is 0 Å². The van der Waals surface area contributed by atoms with Gasteiger partial charge in [-0.3, -0.25) is 4.79 Å². The summed E-state index contributed by atoms with van der Waals surface area (Å²) >= 11 is 0. The normalized spacial score (nSPS) is 26.1. The minimum absolute atomic E-state index is 0.170. The molecule has 126 valence electrons. The predicted octanol–water partition coefficient (Wildman–Crippen LogP) is 3.25. The van der Waals surface area contributed by atoms with Gasteiger partial charge in [0.1, 0.15) is 5.82 Å². The summed E-state index contributed by atoms with van der Waals surface area (Å²) in [5.41, 5.74) is 0. The Hall–Kier alpha value is -1.39. The summed E-state index contributed by atoms with van der Waals surface area (Å²) in [6.07, 6.45) is 12.8. The molecule has 0 N–H and O–H groups in total. The van der Waals surface area contributed by atoms with Gasteiger partial charge in [-0.05, 0) is 38.5 Å². The van der Waals surface area contributed by atoms with Gasteiger partial charge in [-0.2, -0.15) is 0 Å². The Labute approximate surface area is 138 Å². The third kappa shape index (κ3) is 2.90. The van der Waals surface area contributed by atoms with E-state index >= 15 is 0 Å². The first-order valence-corrected chi connectivity index (χ1v) is 9.57. The third-order valence-electron chi connectivity index (χ3n) is 5.93. The lowest BCUT2D eigenvalue weighted by molar-refractivity contribution is -0.137. The Morgan fingerprint density at radius 2 is 1.70 bits per heavy atom. The van der Waals surface area contributed by atoms with Crippen LogP contribution in [-0.4, -0.2) is 32.1 Å². The maximum Gasteiger partial charge on any atom is 0.226 e. The van der Waals surface area contributed by atoms with E-state index in [1.807, 2.05) is 0 Å². The van der Waals surface area contributed by atoms with Gasteiger partial charge in [0.15, 0.2) is 5.82 Å². The second-order valence-electron chi connectivity index (χ2n) is 7.46. The summed E-state index contributed by atoms with van der Waals surface area (Å²) in [6.45, 7) is 1.93. The number of rotatable bonds is 2. The highest BCUT2D eigenvalue weighted by atomic mass is 16.2. The molecule has 2 fully saturated rings. The zero-order valence-electron chi connectivity index (χ0n) is 14.0. The number of fused-ring (bicyclic) bond motifs is 1. The van der Waals surface area contributed by atoms with E-state index in [9.17, 15) is 4.79 Å². The molecule has 3 heterocycles. The van der Waals surface area contributed by atoms with Crippen LogP contribution in [0.2, 0.25) is 0 Å². The second-order valence-corrected chi connectivity index (χ2v) is 7.46. The molecule has 0 bridgehead atoms. The van der Waals surface area contributed by atoms with Crippen molar-refractivity contribution in [2.75, 3.05) is 6.54 Å². The van der Waals surface area contributed by atoms with Crippen LogP contribution in [0, 0.1) is 5.92 Å². The molecule has 1 amide bonds. The van der Waals surface area contributed by atoms with Crippen LogP contribution in [-0.2, 0) is 17.8 Å². The smallest absolute Gasteiger partial charge is 0.226 e. The van der Waals surface area contributed by atoms with E-state index in [0.29, 0.717) is 5.91 Å². The molecule has 1 aromatic rings. The van der Waals surface area contributed by atoms with Crippen molar-refractivity contribution in [2.24, 2.45) is 5.92 Å². The number of carbonyl (C=O) groups is 1. The van der Waals surface area contributed by atoms with Crippen molar-refractivity contribution >= 4 is 5.91 Å². The van der Waals surface area contributed by atoms with Crippen molar-refractivity contribution in [3.8, 4) is 0 Å². The van der Waals surface area contributed by atoms with Gasteiger partial charge in [0.2, 0.25) is 5.91 Å². The molecule has 5 heteroatoms. The fourth-order valence-corrected chi connectivity index (χ4v) is 4.64. The first-order chi connectivity index (χ1) is 11.3. The van der Waals surface area contributed by atoms with Gasteiger partial charge in [0.25, 0.3) is 0 Å². The number of likely N-dealkylation sites (tertiary alicyclic amines) is 1. The number of amides is 1. The van der Waals surface area contributed by atoms with E-state index in [-0.39, 0.29) is 12.0 Å². The van der Waals surface area contributed by atoms with Gasteiger partial charge in [0, 0.05) is 25.4 Å². The summed E-state index contributed by atoms with van der Waals surface area (Å²) in [7, 11) is 0. The van der Waals surface area contributed by atoms with Crippen LogP contribution in [0.15, 0.2) is 0 Å². The van der Waals surface area contributed by atoms with Crippen molar-refractivity contribution in [3.63, 3.8) is 0 Å². The van der Waals surface area contributed by atoms with E-state index < -0.39 is 0 Å². The lowest BCUT2D eigenvalue weighted by Gasteiger charge is -2.30.